The first kappa shape index (κ1) is 6.40. The maximum absolute atomic E-state index is 4.19. The van der Waals surface area contributed by atoms with Crippen molar-refractivity contribution >= 4 is 10.9 Å². The van der Waals surface area contributed by atoms with Crippen molar-refractivity contribution in [3.63, 3.8) is 0 Å². The molecule has 2 heteroatoms. The van der Waals surface area contributed by atoms with Gasteiger partial charge in [-0.3, -0.25) is 4.98 Å². The van der Waals surface area contributed by atoms with E-state index in [9.17, 15) is 0 Å². The van der Waals surface area contributed by atoms with Gasteiger partial charge in [-0.2, -0.15) is 0 Å². The van der Waals surface area contributed by atoms with Crippen molar-refractivity contribution in [2.45, 2.75) is 13.8 Å². The molecule has 0 amide bonds. The fourth-order valence-corrected chi connectivity index (χ4v) is 1.26. The zero-order valence-electron chi connectivity index (χ0n) is 6.68. The highest BCUT2D eigenvalue weighted by Gasteiger charge is 1.98. The zero-order chi connectivity index (χ0) is 7.84. The van der Waals surface area contributed by atoms with Crippen LogP contribution in [-0.4, -0.2) is 9.97 Å². The van der Waals surface area contributed by atoms with E-state index in [1.807, 2.05) is 19.3 Å². The number of nitrogens with one attached hydrogen (secondary N) is 1. The number of nitrogens with zero attached hydrogens (tertiary/aromatic N) is 1. The molecule has 0 spiro atoms. The number of pyridine rings is 1. The van der Waals surface area contributed by atoms with Gasteiger partial charge in [0.25, 0.3) is 0 Å². The molecular formula is C9H10N2. The summed E-state index contributed by atoms with van der Waals surface area (Å²) in [4.78, 5) is 7.34. The fourth-order valence-electron chi connectivity index (χ4n) is 1.26. The molecule has 2 aromatic rings. The Labute approximate surface area is 65.3 Å². The molecule has 0 saturated carbocycles. The molecule has 0 aliphatic rings. The molecule has 0 unspecified atom stereocenters. The Morgan fingerprint density at radius 2 is 2.18 bits per heavy atom. The predicted octanol–water partition coefficient (Wildman–Crippen LogP) is 2.18. The van der Waals surface area contributed by atoms with E-state index in [0.717, 1.165) is 11.2 Å². The second-order valence-electron chi connectivity index (χ2n) is 2.84. The predicted molar refractivity (Wildman–Crippen MR) is 45.6 cm³/mol. The highest BCUT2D eigenvalue weighted by Crippen LogP contribution is 2.16. The minimum absolute atomic E-state index is 1.07. The molecule has 0 atom stereocenters. The second kappa shape index (κ2) is 2.09. The fraction of sp³-hybridized carbons (Fsp3) is 0.222. The molecule has 11 heavy (non-hydrogen) atoms. The van der Waals surface area contributed by atoms with Gasteiger partial charge in [-0.05, 0) is 25.5 Å². The highest BCUT2D eigenvalue weighted by molar-refractivity contribution is 5.82. The Kier molecular flexibility index (Phi) is 1.22. The third-order valence-corrected chi connectivity index (χ3v) is 1.91. The molecule has 2 rings (SSSR count). The monoisotopic (exact) mass is 146 g/mol. The van der Waals surface area contributed by atoms with Crippen LogP contribution in [0.25, 0.3) is 10.9 Å². The number of aryl methyl sites for hydroxylation is 2. The lowest BCUT2D eigenvalue weighted by Crippen LogP contribution is -1.78. The second-order valence-corrected chi connectivity index (χ2v) is 2.84. The highest BCUT2D eigenvalue weighted by atomic mass is 14.7. The summed E-state index contributed by atoms with van der Waals surface area (Å²) in [5.74, 6) is 0. The van der Waals surface area contributed by atoms with Gasteiger partial charge in [0.1, 0.15) is 0 Å². The van der Waals surface area contributed by atoms with E-state index in [0.29, 0.717) is 0 Å². The van der Waals surface area contributed by atoms with Crippen molar-refractivity contribution in [1.82, 2.24) is 9.97 Å². The van der Waals surface area contributed by atoms with Crippen LogP contribution in [0.4, 0.5) is 0 Å². The van der Waals surface area contributed by atoms with Crippen LogP contribution >= 0.6 is 0 Å². The van der Waals surface area contributed by atoms with Crippen molar-refractivity contribution in [2.75, 3.05) is 0 Å². The number of rotatable bonds is 0. The van der Waals surface area contributed by atoms with Crippen LogP contribution < -0.4 is 0 Å². The third-order valence-electron chi connectivity index (χ3n) is 1.91. The summed E-state index contributed by atoms with van der Waals surface area (Å²) in [5, 5.41) is 1.28. The van der Waals surface area contributed by atoms with E-state index in [1.54, 1.807) is 0 Å². The molecule has 2 nitrogen and oxygen atoms in total. The van der Waals surface area contributed by atoms with Gasteiger partial charge in [0, 0.05) is 17.3 Å². The number of aromatic amines is 1. The molecule has 0 aliphatic heterocycles. The molecule has 0 aliphatic carbocycles. The SMILES string of the molecule is Cc1cc2c(C)c[nH]c2cn1. The minimum atomic E-state index is 1.07. The topological polar surface area (TPSA) is 28.7 Å². The van der Waals surface area contributed by atoms with E-state index in [1.165, 1.54) is 10.9 Å². The summed E-state index contributed by atoms with van der Waals surface area (Å²) in [6, 6.07) is 2.10. The van der Waals surface area contributed by atoms with Crippen LogP contribution in [0.1, 0.15) is 11.3 Å². The first-order valence-electron chi connectivity index (χ1n) is 3.68. The van der Waals surface area contributed by atoms with Gasteiger partial charge in [0.15, 0.2) is 0 Å². The Bertz CT molecular complexity index is 387. The lowest BCUT2D eigenvalue weighted by molar-refractivity contribution is 1.22. The standard InChI is InChI=1S/C9H10N2/c1-6-4-11-9-5-10-7(2)3-8(6)9/h3-5,11H,1-2H3. The molecule has 1 N–H and O–H groups in total. The van der Waals surface area contributed by atoms with Crippen LogP contribution in [0.5, 0.6) is 0 Å². The van der Waals surface area contributed by atoms with Gasteiger partial charge in [0.2, 0.25) is 0 Å². The van der Waals surface area contributed by atoms with Crippen LogP contribution in [0.2, 0.25) is 0 Å². The number of aromatic nitrogens is 2. The van der Waals surface area contributed by atoms with Crippen molar-refractivity contribution in [3.05, 3.63) is 29.7 Å². The average Bonchev–Trinajstić information content (AvgIpc) is 2.33. The van der Waals surface area contributed by atoms with Crippen molar-refractivity contribution < 1.29 is 0 Å². The quantitative estimate of drug-likeness (QED) is 0.606. The molecule has 0 radical (unpaired) electrons. The molecule has 2 aromatic heterocycles. The Hall–Kier alpha value is -1.31. The number of fused-ring (bicyclic) bond motifs is 1. The molecule has 56 valence electrons. The maximum atomic E-state index is 4.19. The van der Waals surface area contributed by atoms with E-state index in [4.69, 9.17) is 0 Å². The summed E-state index contributed by atoms with van der Waals surface area (Å²) in [6.45, 7) is 4.10. The average molecular weight is 146 g/mol. The van der Waals surface area contributed by atoms with Gasteiger partial charge < -0.3 is 4.98 Å². The van der Waals surface area contributed by atoms with E-state index < -0.39 is 0 Å². The summed E-state index contributed by atoms with van der Waals surface area (Å²) >= 11 is 0. The third kappa shape index (κ3) is 0.909. The summed E-state index contributed by atoms with van der Waals surface area (Å²) < 4.78 is 0. The van der Waals surface area contributed by atoms with Crippen LogP contribution in [0.3, 0.4) is 0 Å². The first-order chi connectivity index (χ1) is 5.27. The molecule has 0 fully saturated rings. The maximum Gasteiger partial charge on any atom is 0.0643 e. The molecule has 0 saturated heterocycles. The number of hydrogen-bond acceptors (Lipinski definition) is 1. The molecular weight excluding hydrogens is 136 g/mol. The lowest BCUT2D eigenvalue weighted by atomic mass is 10.2. The summed E-state index contributed by atoms with van der Waals surface area (Å²) in [6.07, 6.45) is 3.88. The van der Waals surface area contributed by atoms with Gasteiger partial charge >= 0.3 is 0 Å². The largest absolute Gasteiger partial charge is 0.360 e. The number of hydrogen-bond donors (Lipinski definition) is 1. The van der Waals surface area contributed by atoms with Crippen LogP contribution in [-0.2, 0) is 0 Å². The lowest BCUT2D eigenvalue weighted by Gasteiger charge is -1.92. The summed E-state index contributed by atoms with van der Waals surface area (Å²) in [7, 11) is 0. The van der Waals surface area contributed by atoms with Crippen LogP contribution in [0, 0.1) is 13.8 Å². The van der Waals surface area contributed by atoms with Crippen LogP contribution in [0.15, 0.2) is 18.5 Å². The van der Waals surface area contributed by atoms with Crippen molar-refractivity contribution in [1.29, 1.82) is 0 Å². The van der Waals surface area contributed by atoms with Crippen molar-refractivity contribution in [3.8, 4) is 0 Å². The summed E-state index contributed by atoms with van der Waals surface area (Å²) in [5.41, 5.74) is 3.47. The van der Waals surface area contributed by atoms with Gasteiger partial charge in [-0.15, -0.1) is 0 Å². The van der Waals surface area contributed by atoms with E-state index >= 15 is 0 Å². The van der Waals surface area contributed by atoms with Crippen molar-refractivity contribution in [2.24, 2.45) is 0 Å². The normalized spacial score (nSPS) is 10.7. The van der Waals surface area contributed by atoms with E-state index in [2.05, 4.69) is 23.0 Å². The molecule has 0 aromatic carbocycles. The molecule has 2 heterocycles. The Morgan fingerprint density at radius 3 is 3.00 bits per heavy atom. The zero-order valence-corrected chi connectivity index (χ0v) is 6.68. The Balaban J connectivity index is 2.87. The van der Waals surface area contributed by atoms with Gasteiger partial charge in [0.05, 0.1) is 11.7 Å². The molecule has 0 bridgehead atoms. The first-order valence-corrected chi connectivity index (χ1v) is 3.68. The van der Waals surface area contributed by atoms with Gasteiger partial charge in [-0.1, -0.05) is 0 Å². The number of H-pyrrole nitrogens is 1. The van der Waals surface area contributed by atoms with E-state index in [-0.39, 0.29) is 0 Å². The Morgan fingerprint density at radius 1 is 1.36 bits per heavy atom. The minimum Gasteiger partial charge on any atom is -0.360 e. The smallest absolute Gasteiger partial charge is 0.0643 e. The van der Waals surface area contributed by atoms with Gasteiger partial charge in [-0.25, -0.2) is 0 Å².